The number of amides is 1. The van der Waals surface area contributed by atoms with Crippen molar-refractivity contribution in [3.05, 3.63) is 0 Å². The summed E-state index contributed by atoms with van der Waals surface area (Å²) in [4.78, 5) is 21.2. The lowest BCUT2D eigenvalue weighted by molar-refractivity contribution is -0.133. The Morgan fingerprint density at radius 2 is 2.00 bits per heavy atom. The maximum atomic E-state index is 12.1. The Bertz CT molecular complexity index is 393. The Morgan fingerprint density at radius 1 is 1.29 bits per heavy atom. The molecule has 0 aromatic rings. The molecule has 0 aliphatic carbocycles. The number of aliphatic imine (C=N–C) groups is 1. The summed E-state index contributed by atoms with van der Waals surface area (Å²) in [5, 5.41) is 6.80. The van der Waals surface area contributed by atoms with Crippen LogP contribution in [0.4, 0.5) is 0 Å². The van der Waals surface area contributed by atoms with E-state index in [9.17, 15) is 4.79 Å². The fourth-order valence-electron chi connectivity index (χ4n) is 2.98. The van der Waals surface area contributed by atoms with Gasteiger partial charge in [-0.1, -0.05) is 27.7 Å². The van der Waals surface area contributed by atoms with Crippen molar-refractivity contribution < 1.29 is 4.79 Å². The molecule has 6 heteroatoms. The monoisotopic (exact) mass is 339 g/mol. The van der Waals surface area contributed by atoms with E-state index in [2.05, 4.69) is 41.3 Å². The van der Waals surface area contributed by atoms with Crippen molar-refractivity contribution in [2.75, 3.05) is 45.8 Å². The fourth-order valence-corrected chi connectivity index (χ4v) is 2.98. The molecule has 1 unspecified atom stereocenters. The number of nitrogens with zero attached hydrogens (tertiary/aromatic N) is 3. The van der Waals surface area contributed by atoms with Crippen LogP contribution in [-0.2, 0) is 4.79 Å². The Kier molecular flexibility index (Phi) is 9.76. The van der Waals surface area contributed by atoms with Gasteiger partial charge in [-0.3, -0.25) is 9.79 Å². The molecule has 0 bridgehead atoms. The van der Waals surface area contributed by atoms with Gasteiger partial charge in [0.25, 0.3) is 0 Å². The summed E-state index contributed by atoms with van der Waals surface area (Å²) < 4.78 is 0. The summed E-state index contributed by atoms with van der Waals surface area (Å²) in [6.45, 7) is 17.0. The first kappa shape index (κ1) is 20.7. The third kappa shape index (κ3) is 7.07. The minimum absolute atomic E-state index is 0.0748. The van der Waals surface area contributed by atoms with Gasteiger partial charge in [0.2, 0.25) is 5.91 Å². The summed E-state index contributed by atoms with van der Waals surface area (Å²) in [7, 11) is 0. The molecule has 1 rings (SSSR count). The standard InChI is InChI=1S/C18H37N5O/c1-6-19-18(20-11-9-12-22(7-2)8-3)21-16-10-13-23(14-16)17(24)15(4)5/h15-16H,6-14H2,1-5H3,(H2,19,20,21). The van der Waals surface area contributed by atoms with Crippen LogP contribution in [0.1, 0.15) is 47.5 Å². The van der Waals surface area contributed by atoms with Gasteiger partial charge < -0.3 is 20.4 Å². The zero-order chi connectivity index (χ0) is 17.9. The van der Waals surface area contributed by atoms with Crippen molar-refractivity contribution in [3.63, 3.8) is 0 Å². The molecule has 2 N–H and O–H groups in total. The third-order valence-corrected chi connectivity index (χ3v) is 4.48. The van der Waals surface area contributed by atoms with Gasteiger partial charge in [0.05, 0.1) is 0 Å². The van der Waals surface area contributed by atoms with Gasteiger partial charge in [-0.05, 0) is 39.4 Å². The summed E-state index contributed by atoms with van der Waals surface area (Å²) in [5.41, 5.74) is 0. The van der Waals surface area contributed by atoms with E-state index in [4.69, 9.17) is 0 Å². The second kappa shape index (κ2) is 11.3. The van der Waals surface area contributed by atoms with Gasteiger partial charge in [0.1, 0.15) is 0 Å². The van der Waals surface area contributed by atoms with Crippen LogP contribution in [0.15, 0.2) is 4.99 Å². The normalized spacial score (nSPS) is 18.5. The van der Waals surface area contributed by atoms with Crippen LogP contribution in [0.2, 0.25) is 0 Å². The second-order valence-corrected chi connectivity index (χ2v) is 6.71. The Hall–Kier alpha value is -1.30. The van der Waals surface area contributed by atoms with E-state index in [0.29, 0.717) is 6.04 Å². The highest BCUT2D eigenvalue weighted by atomic mass is 16.2. The number of nitrogens with one attached hydrogen (secondary N) is 2. The third-order valence-electron chi connectivity index (χ3n) is 4.48. The molecule has 1 fully saturated rings. The fraction of sp³-hybridized carbons (Fsp3) is 0.889. The van der Waals surface area contributed by atoms with Crippen LogP contribution in [0.3, 0.4) is 0 Å². The van der Waals surface area contributed by atoms with E-state index in [0.717, 1.165) is 64.6 Å². The van der Waals surface area contributed by atoms with Crippen molar-refractivity contribution in [1.82, 2.24) is 20.4 Å². The summed E-state index contributed by atoms with van der Waals surface area (Å²) in [6, 6.07) is 0.299. The van der Waals surface area contributed by atoms with E-state index < -0.39 is 0 Å². The molecule has 0 spiro atoms. The van der Waals surface area contributed by atoms with E-state index in [1.165, 1.54) is 0 Å². The number of guanidine groups is 1. The van der Waals surface area contributed by atoms with Crippen LogP contribution in [0, 0.1) is 5.92 Å². The Balaban J connectivity index is 2.42. The summed E-state index contributed by atoms with van der Waals surface area (Å²) in [6.07, 6.45) is 2.06. The lowest BCUT2D eigenvalue weighted by Crippen LogP contribution is -2.45. The summed E-state index contributed by atoms with van der Waals surface area (Å²) in [5.74, 6) is 1.20. The minimum Gasteiger partial charge on any atom is -0.357 e. The molecule has 0 aromatic heterocycles. The van der Waals surface area contributed by atoms with Crippen molar-refractivity contribution in [1.29, 1.82) is 0 Å². The van der Waals surface area contributed by atoms with Crippen LogP contribution in [-0.4, -0.2) is 73.5 Å². The molecule has 1 saturated heterocycles. The average molecular weight is 340 g/mol. The van der Waals surface area contributed by atoms with E-state index in [1.54, 1.807) is 0 Å². The molecule has 0 saturated carbocycles. The number of carbonyl (C=O) groups is 1. The smallest absolute Gasteiger partial charge is 0.225 e. The van der Waals surface area contributed by atoms with Crippen molar-refractivity contribution in [3.8, 4) is 0 Å². The molecule has 1 aliphatic rings. The topological polar surface area (TPSA) is 60.0 Å². The quantitative estimate of drug-likeness (QED) is 0.380. The maximum Gasteiger partial charge on any atom is 0.225 e. The second-order valence-electron chi connectivity index (χ2n) is 6.71. The Morgan fingerprint density at radius 3 is 2.58 bits per heavy atom. The first-order valence-corrected chi connectivity index (χ1v) is 9.57. The summed E-state index contributed by atoms with van der Waals surface area (Å²) >= 11 is 0. The molecule has 0 aromatic carbocycles. The van der Waals surface area contributed by atoms with Crippen LogP contribution in [0.25, 0.3) is 0 Å². The first-order chi connectivity index (χ1) is 11.5. The van der Waals surface area contributed by atoms with Gasteiger partial charge in [-0.25, -0.2) is 0 Å². The average Bonchev–Trinajstić information content (AvgIpc) is 3.02. The lowest BCUT2D eigenvalue weighted by atomic mass is 10.2. The number of hydrogen-bond donors (Lipinski definition) is 2. The predicted molar refractivity (Wildman–Crippen MR) is 101 cm³/mol. The van der Waals surface area contributed by atoms with Crippen LogP contribution < -0.4 is 10.6 Å². The zero-order valence-corrected chi connectivity index (χ0v) is 16.3. The van der Waals surface area contributed by atoms with Crippen LogP contribution in [0.5, 0.6) is 0 Å². The highest BCUT2D eigenvalue weighted by molar-refractivity contribution is 5.81. The van der Waals surface area contributed by atoms with E-state index >= 15 is 0 Å². The number of likely N-dealkylation sites (tertiary alicyclic amines) is 1. The number of rotatable bonds is 9. The first-order valence-electron chi connectivity index (χ1n) is 9.57. The van der Waals surface area contributed by atoms with E-state index in [1.807, 2.05) is 18.7 Å². The lowest BCUT2D eigenvalue weighted by Gasteiger charge is -2.20. The van der Waals surface area contributed by atoms with E-state index in [-0.39, 0.29) is 11.8 Å². The molecule has 0 radical (unpaired) electrons. The molecule has 1 heterocycles. The van der Waals surface area contributed by atoms with Gasteiger partial charge in [-0.15, -0.1) is 0 Å². The molecule has 6 nitrogen and oxygen atoms in total. The largest absolute Gasteiger partial charge is 0.357 e. The van der Waals surface area contributed by atoms with Crippen molar-refractivity contribution >= 4 is 11.9 Å². The van der Waals surface area contributed by atoms with Gasteiger partial charge >= 0.3 is 0 Å². The molecule has 24 heavy (non-hydrogen) atoms. The molecule has 1 atom stereocenters. The number of hydrogen-bond acceptors (Lipinski definition) is 3. The van der Waals surface area contributed by atoms with Crippen molar-refractivity contribution in [2.24, 2.45) is 10.9 Å². The highest BCUT2D eigenvalue weighted by Gasteiger charge is 2.27. The van der Waals surface area contributed by atoms with Gasteiger partial charge in [-0.2, -0.15) is 0 Å². The molecule has 140 valence electrons. The zero-order valence-electron chi connectivity index (χ0n) is 16.3. The van der Waals surface area contributed by atoms with Gasteiger partial charge in [0, 0.05) is 38.1 Å². The maximum absolute atomic E-state index is 12.1. The molecular weight excluding hydrogens is 302 g/mol. The highest BCUT2D eigenvalue weighted by Crippen LogP contribution is 2.12. The molecule has 1 aliphatic heterocycles. The van der Waals surface area contributed by atoms with Crippen LogP contribution >= 0.6 is 0 Å². The predicted octanol–water partition coefficient (Wildman–Crippen LogP) is 1.53. The number of carbonyl (C=O) groups excluding carboxylic acids is 1. The Labute approximate surface area is 148 Å². The molecule has 1 amide bonds. The SMILES string of the molecule is CCNC(=NCCCN(CC)CC)NC1CCN(C(=O)C(C)C)C1. The van der Waals surface area contributed by atoms with Gasteiger partial charge in [0.15, 0.2) is 5.96 Å². The molecular formula is C18H37N5O. The minimum atomic E-state index is 0.0748. The van der Waals surface area contributed by atoms with Crippen molar-refractivity contribution in [2.45, 2.75) is 53.5 Å².